The molecular weight excluding hydrogens is 368 g/mol. The summed E-state index contributed by atoms with van der Waals surface area (Å²) in [6.07, 6.45) is 0.574. The summed E-state index contributed by atoms with van der Waals surface area (Å²) in [4.78, 5) is 24.6. The number of sulfonamides is 1. The first kappa shape index (κ1) is 18.9. The molecule has 1 amide bonds. The van der Waals surface area contributed by atoms with Gasteiger partial charge < -0.3 is 10.1 Å². The van der Waals surface area contributed by atoms with Crippen molar-refractivity contribution >= 4 is 33.3 Å². The smallest absolute Gasteiger partial charge is 0.338 e. The molecule has 0 aliphatic carbocycles. The summed E-state index contributed by atoms with van der Waals surface area (Å²) in [5.74, 6) is -0.954. The molecule has 0 radical (unpaired) electrons. The van der Waals surface area contributed by atoms with Crippen LogP contribution < -0.4 is 9.62 Å². The van der Waals surface area contributed by atoms with Crippen LogP contribution in [-0.4, -0.2) is 39.7 Å². The van der Waals surface area contributed by atoms with Crippen molar-refractivity contribution in [2.75, 3.05) is 29.0 Å². The third kappa shape index (κ3) is 3.80. The zero-order valence-electron chi connectivity index (χ0n) is 15.1. The molecule has 0 atom stereocenters. The van der Waals surface area contributed by atoms with E-state index >= 15 is 0 Å². The molecule has 0 bridgehead atoms. The molecule has 1 saturated heterocycles. The van der Waals surface area contributed by atoms with Crippen LogP contribution in [0.1, 0.15) is 32.7 Å². The van der Waals surface area contributed by atoms with Gasteiger partial charge in [-0.3, -0.25) is 9.10 Å². The molecule has 0 spiro atoms. The number of esters is 1. The molecule has 142 valence electrons. The SMILES string of the molecule is COC(=O)c1ccccc1C(=O)Nc1cc(N2CCCS2(=O)=O)ccc1C. The maximum Gasteiger partial charge on any atom is 0.338 e. The summed E-state index contributed by atoms with van der Waals surface area (Å²) in [5, 5.41) is 2.77. The standard InChI is InChI=1S/C19H20N2O5S/c1-13-8-9-14(21-10-5-11-27(21,24)25)12-17(13)20-18(22)15-6-3-4-7-16(15)19(23)26-2/h3-4,6-9,12H,5,10-11H2,1-2H3,(H,20,22). The lowest BCUT2D eigenvalue weighted by atomic mass is 10.1. The number of carbonyl (C=O) groups excluding carboxylic acids is 2. The zero-order chi connectivity index (χ0) is 19.6. The van der Waals surface area contributed by atoms with Gasteiger partial charge in [-0.25, -0.2) is 13.2 Å². The highest BCUT2D eigenvalue weighted by Gasteiger charge is 2.28. The lowest BCUT2D eigenvalue weighted by molar-refractivity contribution is 0.0597. The Morgan fingerprint density at radius 3 is 2.44 bits per heavy atom. The number of nitrogens with one attached hydrogen (secondary N) is 1. The van der Waals surface area contributed by atoms with Crippen LogP contribution in [0, 0.1) is 6.92 Å². The summed E-state index contributed by atoms with van der Waals surface area (Å²) in [7, 11) is -2.06. The van der Waals surface area contributed by atoms with Gasteiger partial charge in [-0.2, -0.15) is 0 Å². The molecule has 1 heterocycles. The van der Waals surface area contributed by atoms with Crippen molar-refractivity contribution < 1.29 is 22.7 Å². The summed E-state index contributed by atoms with van der Waals surface area (Å²) in [6, 6.07) is 11.5. The van der Waals surface area contributed by atoms with Crippen molar-refractivity contribution in [2.45, 2.75) is 13.3 Å². The molecule has 8 heteroatoms. The van der Waals surface area contributed by atoms with E-state index in [-0.39, 0.29) is 16.9 Å². The van der Waals surface area contributed by atoms with Gasteiger partial charge in [0, 0.05) is 12.2 Å². The van der Waals surface area contributed by atoms with Crippen LogP contribution in [0.5, 0.6) is 0 Å². The first-order chi connectivity index (χ1) is 12.8. The van der Waals surface area contributed by atoms with E-state index in [9.17, 15) is 18.0 Å². The molecule has 2 aromatic rings. The molecule has 2 aromatic carbocycles. The van der Waals surface area contributed by atoms with E-state index in [0.29, 0.717) is 24.3 Å². The molecule has 7 nitrogen and oxygen atoms in total. The van der Waals surface area contributed by atoms with E-state index in [1.807, 2.05) is 6.92 Å². The van der Waals surface area contributed by atoms with Crippen LogP contribution in [0.15, 0.2) is 42.5 Å². The minimum atomic E-state index is -3.31. The van der Waals surface area contributed by atoms with Gasteiger partial charge in [0.15, 0.2) is 0 Å². The number of aryl methyl sites for hydroxylation is 1. The Hall–Kier alpha value is -2.87. The second-order valence-corrected chi connectivity index (χ2v) is 8.25. The molecule has 3 rings (SSSR count). The maximum absolute atomic E-state index is 12.7. The van der Waals surface area contributed by atoms with Crippen molar-refractivity contribution in [3.05, 3.63) is 59.2 Å². The van der Waals surface area contributed by atoms with Crippen molar-refractivity contribution in [3.63, 3.8) is 0 Å². The second kappa shape index (κ2) is 7.40. The minimum absolute atomic E-state index is 0.120. The highest BCUT2D eigenvalue weighted by molar-refractivity contribution is 7.93. The van der Waals surface area contributed by atoms with Crippen LogP contribution >= 0.6 is 0 Å². The van der Waals surface area contributed by atoms with E-state index in [1.165, 1.54) is 23.5 Å². The van der Waals surface area contributed by atoms with Gasteiger partial charge in [-0.1, -0.05) is 18.2 Å². The Morgan fingerprint density at radius 1 is 1.11 bits per heavy atom. The molecule has 0 aromatic heterocycles. The number of methoxy groups -OCH3 is 1. The van der Waals surface area contributed by atoms with E-state index in [2.05, 4.69) is 5.32 Å². The number of hydrogen-bond donors (Lipinski definition) is 1. The number of rotatable bonds is 4. The highest BCUT2D eigenvalue weighted by atomic mass is 32.2. The molecular formula is C19H20N2O5S. The van der Waals surface area contributed by atoms with Crippen LogP contribution in [0.3, 0.4) is 0 Å². The average Bonchev–Trinajstić information content (AvgIpc) is 3.02. The summed E-state index contributed by atoms with van der Waals surface area (Å²) in [5.41, 5.74) is 2.12. The number of hydrogen-bond acceptors (Lipinski definition) is 5. The van der Waals surface area contributed by atoms with Gasteiger partial charge in [0.25, 0.3) is 5.91 Å². The number of amides is 1. The van der Waals surface area contributed by atoms with Crippen LogP contribution in [0.4, 0.5) is 11.4 Å². The molecule has 1 aliphatic rings. The lowest BCUT2D eigenvalue weighted by Gasteiger charge is -2.19. The fraction of sp³-hybridized carbons (Fsp3) is 0.263. The Balaban J connectivity index is 1.91. The van der Waals surface area contributed by atoms with E-state index in [1.54, 1.807) is 30.3 Å². The van der Waals surface area contributed by atoms with Crippen molar-refractivity contribution in [3.8, 4) is 0 Å². The summed E-state index contributed by atoms with van der Waals surface area (Å²) >= 11 is 0. The highest BCUT2D eigenvalue weighted by Crippen LogP contribution is 2.29. The average molecular weight is 388 g/mol. The second-order valence-electron chi connectivity index (χ2n) is 6.23. The van der Waals surface area contributed by atoms with E-state index in [4.69, 9.17) is 4.74 Å². The van der Waals surface area contributed by atoms with Gasteiger partial charge in [0.2, 0.25) is 10.0 Å². The van der Waals surface area contributed by atoms with Gasteiger partial charge in [-0.15, -0.1) is 0 Å². The molecule has 0 unspecified atom stereocenters. The van der Waals surface area contributed by atoms with Crippen molar-refractivity contribution in [1.82, 2.24) is 0 Å². The largest absolute Gasteiger partial charge is 0.465 e. The quantitative estimate of drug-likeness (QED) is 0.813. The normalized spacial score (nSPS) is 15.4. The first-order valence-electron chi connectivity index (χ1n) is 8.43. The predicted octanol–water partition coefficient (Wildman–Crippen LogP) is 2.57. The van der Waals surface area contributed by atoms with Crippen LogP contribution in [-0.2, 0) is 14.8 Å². The van der Waals surface area contributed by atoms with Crippen LogP contribution in [0.2, 0.25) is 0 Å². The van der Waals surface area contributed by atoms with Crippen molar-refractivity contribution in [2.24, 2.45) is 0 Å². The van der Waals surface area contributed by atoms with Gasteiger partial charge in [-0.05, 0) is 43.2 Å². The molecule has 1 aliphatic heterocycles. The predicted molar refractivity (Wildman–Crippen MR) is 103 cm³/mol. The van der Waals surface area contributed by atoms with Gasteiger partial charge >= 0.3 is 5.97 Å². The minimum Gasteiger partial charge on any atom is -0.465 e. The Bertz CT molecular complexity index is 1000. The monoisotopic (exact) mass is 388 g/mol. The number of anilines is 2. The number of ether oxygens (including phenoxy) is 1. The Morgan fingerprint density at radius 2 is 1.81 bits per heavy atom. The number of nitrogens with zero attached hydrogens (tertiary/aromatic N) is 1. The van der Waals surface area contributed by atoms with Gasteiger partial charge in [0.05, 0.1) is 29.7 Å². The third-order valence-corrected chi connectivity index (χ3v) is 6.30. The maximum atomic E-state index is 12.7. The number of carbonyl (C=O) groups is 2. The molecule has 1 fully saturated rings. The fourth-order valence-electron chi connectivity index (χ4n) is 2.99. The Kier molecular flexibility index (Phi) is 5.18. The summed E-state index contributed by atoms with van der Waals surface area (Å²) in [6.45, 7) is 2.23. The topological polar surface area (TPSA) is 92.8 Å². The van der Waals surface area contributed by atoms with Gasteiger partial charge in [0.1, 0.15) is 0 Å². The molecule has 27 heavy (non-hydrogen) atoms. The third-order valence-electron chi connectivity index (χ3n) is 4.43. The van der Waals surface area contributed by atoms with Crippen LogP contribution in [0.25, 0.3) is 0 Å². The Labute approximate surface area is 158 Å². The van der Waals surface area contributed by atoms with E-state index < -0.39 is 21.9 Å². The summed E-state index contributed by atoms with van der Waals surface area (Å²) < 4.78 is 30.4. The lowest BCUT2D eigenvalue weighted by Crippen LogP contribution is -2.25. The van der Waals surface area contributed by atoms with E-state index in [0.717, 1.165) is 5.56 Å². The molecule has 0 saturated carbocycles. The molecule has 1 N–H and O–H groups in total. The zero-order valence-corrected chi connectivity index (χ0v) is 15.9. The number of benzene rings is 2. The van der Waals surface area contributed by atoms with Crippen molar-refractivity contribution in [1.29, 1.82) is 0 Å². The fourth-order valence-corrected chi connectivity index (χ4v) is 4.54. The first-order valence-corrected chi connectivity index (χ1v) is 10.0.